The number of likely N-dealkylation sites (tertiary alicyclic amines) is 1. The maximum absolute atomic E-state index is 12.6. The predicted molar refractivity (Wildman–Crippen MR) is 95.0 cm³/mol. The Labute approximate surface area is 149 Å². The average molecular weight is 350 g/mol. The molecule has 2 rings (SSSR count). The van der Waals surface area contributed by atoms with Crippen molar-refractivity contribution in [3.8, 4) is 0 Å². The van der Waals surface area contributed by atoms with Crippen LogP contribution in [-0.4, -0.2) is 57.8 Å². The molecule has 7 heteroatoms. The van der Waals surface area contributed by atoms with Crippen LogP contribution in [0.4, 0.5) is 4.79 Å². The number of hydrogen-bond donors (Lipinski definition) is 0. The standard InChI is InChI=1S/C18H30N4O3/c1-13-7-8-15(22(11-13)17(24)25-18(2,3)4)14-9-10-21(19-14)12-16(23)20(5)6/h9-10,13,15H,7-8,11-12H2,1-6H3/t13-,15+/m0/s1. The third-order valence-corrected chi connectivity index (χ3v) is 4.24. The lowest BCUT2D eigenvalue weighted by Gasteiger charge is -2.38. The SMILES string of the molecule is C[C@H]1CC[C@H](c2ccn(CC(=O)N(C)C)n2)N(C(=O)OC(C)(C)C)C1. The van der Waals surface area contributed by atoms with Crippen LogP contribution in [0.2, 0.25) is 0 Å². The van der Waals surface area contributed by atoms with Crippen molar-refractivity contribution in [2.45, 2.75) is 58.7 Å². The Morgan fingerprint density at radius 2 is 2.00 bits per heavy atom. The fraction of sp³-hybridized carbons (Fsp3) is 0.722. The van der Waals surface area contributed by atoms with Gasteiger partial charge in [-0.2, -0.15) is 5.10 Å². The summed E-state index contributed by atoms with van der Waals surface area (Å²) in [6.07, 6.45) is 3.37. The first-order valence-electron chi connectivity index (χ1n) is 8.80. The number of hydrogen-bond acceptors (Lipinski definition) is 4. The van der Waals surface area contributed by atoms with Gasteiger partial charge in [-0.15, -0.1) is 0 Å². The maximum Gasteiger partial charge on any atom is 0.410 e. The summed E-state index contributed by atoms with van der Waals surface area (Å²) in [5.41, 5.74) is 0.282. The molecule has 0 aliphatic carbocycles. The summed E-state index contributed by atoms with van der Waals surface area (Å²) in [6.45, 7) is 8.60. The van der Waals surface area contributed by atoms with Crippen molar-refractivity contribution in [3.63, 3.8) is 0 Å². The third-order valence-electron chi connectivity index (χ3n) is 4.24. The van der Waals surface area contributed by atoms with Crippen molar-refractivity contribution in [1.29, 1.82) is 0 Å². The minimum atomic E-state index is -0.528. The maximum atomic E-state index is 12.6. The molecule has 0 aromatic carbocycles. The average Bonchev–Trinajstić information content (AvgIpc) is 2.93. The zero-order valence-corrected chi connectivity index (χ0v) is 16.2. The van der Waals surface area contributed by atoms with Crippen LogP contribution in [-0.2, 0) is 16.1 Å². The quantitative estimate of drug-likeness (QED) is 0.840. The second kappa shape index (κ2) is 7.45. The van der Waals surface area contributed by atoms with Crippen LogP contribution in [0.25, 0.3) is 0 Å². The topological polar surface area (TPSA) is 67.7 Å². The number of amides is 2. The monoisotopic (exact) mass is 350 g/mol. The van der Waals surface area contributed by atoms with E-state index in [4.69, 9.17) is 4.74 Å². The van der Waals surface area contributed by atoms with Gasteiger partial charge in [-0.1, -0.05) is 6.92 Å². The molecule has 0 spiro atoms. The number of likely N-dealkylation sites (N-methyl/N-ethyl adjacent to an activating group) is 1. The smallest absolute Gasteiger partial charge is 0.410 e. The van der Waals surface area contributed by atoms with Crippen molar-refractivity contribution >= 4 is 12.0 Å². The lowest BCUT2D eigenvalue weighted by Crippen LogP contribution is -2.44. The van der Waals surface area contributed by atoms with E-state index in [0.717, 1.165) is 18.5 Å². The van der Waals surface area contributed by atoms with E-state index in [0.29, 0.717) is 12.5 Å². The van der Waals surface area contributed by atoms with Crippen LogP contribution in [0.15, 0.2) is 12.3 Å². The van der Waals surface area contributed by atoms with Gasteiger partial charge in [-0.25, -0.2) is 4.79 Å². The fourth-order valence-corrected chi connectivity index (χ4v) is 2.91. The summed E-state index contributed by atoms with van der Waals surface area (Å²) in [5.74, 6) is 0.414. The van der Waals surface area contributed by atoms with E-state index < -0.39 is 5.60 Å². The number of carbonyl (C=O) groups is 2. The van der Waals surface area contributed by atoms with Crippen LogP contribution in [0.1, 0.15) is 52.3 Å². The van der Waals surface area contributed by atoms with Gasteiger partial charge in [0.15, 0.2) is 0 Å². The molecule has 25 heavy (non-hydrogen) atoms. The largest absolute Gasteiger partial charge is 0.444 e. The molecule has 0 bridgehead atoms. The molecule has 7 nitrogen and oxygen atoms in total. The van der Waals surface area contributed by atoms with Crippen LogP contribution in [0.5, 0.6) is 0 Å². The van der Waals surface area contributed by atoms with Gasteiger partial charge in [0.1, 0.15) is 12.1 Å². The number of ether oxygens (including phenoxy) is 1. The first-order chi connectivity index (χ1) is 11.6. The number of aromatic nitrogens is 2. The summed E-state index contributed by atoms with van der Waals surface area (Å²) in [5, 5.41) is 4.53. The van der Waals surface area contributed by atoms with Gasteiger partial charge in [-0.05, 0) is 45.6 Å². The van der Waals surface area contributed by atoms with Gasteiger partial charge in [0.05, 0.1) is 11.7 Å². The minimum absolute atomic E-state index is 0.0177. The number of nitrogens with zero attached hydrogens (tertiary/aromatic N) is 4. The lowest BCUT2D eigenvalue weighted by atomic mass is 9.93. The minimum Gasteiger partial charge on any atom is -0.444 e. The molecule has 2 atom stereocenters. The van der Waals surface area contributed by atoms with E-state index in [9.17, 15) is 9.59 Å². The number of carbonyl (C=O) groups excluding carboxylic acids is 2. The Bertz CT molecular complexity index is 618. The predicted octanol–water partition coefficient (Wildman–Crippen LogP) is 2.68. The molecular formula is C18H30N4O3. The molecule has 0 saturated carbocycles. The summed E-state index contributed by atoms with van der Waals surface area (Å²) in [4.78, 5) is 27.8. The molecule has 1 aliphatic rings. The number of rotatable bonds is 3. The molecule has 1 saturated heterocycles. The van der Waals surface area contributed by atoms with Gasteiger partial charge < -0.3 is 9.64 Å². The van der Waals surface area contributed by atoms with Crippen LogP contribution in [0.3, 0.4) is 0 Å². The second-order valence-electron chi connectivity index (χ2n) is 8.06. The van der Waals surface area contributed by atoms with Crippen LogP contribution < -0.4 is 0 Å². The Balaban J connectivity index is 2.16. The highest BCUT2D eigenvalue weighted by atomic mass is 16.6. The fourth-order valence-electron chi connectivity index (χ4n) is 2.91. The summed E-state index contributed by atoms with van der Waals surface area (Å²) >= 11 is 0. The molecule has 1 aliphatic heterocycles. The lowest BCUT2D eigenvalue weighted by molar-refractivity contribution is -0.129. The van der Waals surface area contributed by atoms with Crippen molar-refractivity contribution in [2.24, 2.45) is 5.92 Å². The van der Waals surface area contributed by atoms with E-state index >= 15 is 0 Å². The normalized spacial score (nSPS) is 21.1. The van der Waals surface area contributed by atoms with Gasteiger partial charge in [0.25, 0.3) is 0 Å². The summed E-state index contributed by atoms with van der Waals surface area (Å²) in [6, 6.07) is 1.78. The van der Waals surface area contributed by atoms with Crippen molar-refractivity contribution in [1.82, 2.24) is 19.6 Å². The van der Waals surface area contributed by atoms with Crippen molar-refractivity contribution < 1.29 is 14.3 Å². The zero-order valence-electron chi connectivity index (χ0n) is 16.2. The molecule has 2 amide bonds. The van der Waals surface area contributed by atoms with Crippen molar-refractivity contribution in [3.05, 3.63) is 18.0 Å². The zero-order chi connectivity index (χ0) is 18.8. The molecular weight excluding hydrogens is 320 g/mol. The van der Waals surface area contributed by atoms with Crippen LogP contribution >= 0.6 is 0 Å². The Kier molecular flexibility index (Phi) is 5.75. The summed E-state index contributed by atoms with van der Waals surface area (Å²) < 4.78 is 7.20. The molecule has 0 N–H and O–H groups in total. The van der Waals surface area contributed by atoms with E-state index in [1.165, 1.54) is 4.90 Å². The molecule has 0 radical (unpaired) electrons. The highest BCUT2D eigenvalue weighted by Crippen LogP contribution is 2.33. The highest BCUT2D eigenvalue weighted by Gasteiger charge is 2.35. The molecule has 1 aromatic heterocycles. The Hall–Kier alpha value is -2.05. The van der Waals surface area contributed by atoms with Crippen molar-refractivity contribution in [2.75, 3.05) is 20.6 Å². The van der Waals surface area contributed by atoms with Gasteiger partial charge in [0, 0.05) is 26.8 Å². The Morgan fingerprint density at radius 1 is 1.32 bits per heavy atom. The van der Waals surface area contributed by atoms with Gasteiger partial charge in [-0.3, -0.25) is 14.4 Å². The van der Waals surface area contributed by atoms with Crippen LogP contribution in [0, 0.1) is 5.92 Å². The number of piperidine rings is 1. The van der Waals surface area contributed by atoms with E-state index in [1.54, 1.807) is 29.9 Å². The first kappa shape index (κ1) is 19.3. The molecule has 0 unspecified atom stereocenters. The van der Waals surface area contributed by atoms with E-state index in [1.807, 2.05) is 26.8 Å². The Morgan fingerprint density at radius 3 is 2.60 bits per heavy atom. The van der Waals surface area contributed by atoms with E-state index in [2.05, 4.69) is 12.0 Å². The molecule has 1 fully saturated rings. The first-order valence-corrected chi connectivity index (χ1v) is 8.80. The second-order valence-corrected chi connectivity index (χ2v) is 8.06. The summed E-state index contributed by atoms with van der Waals surface area (Å²) in [7, 11) is 3.44. The van der Waals surface area contributed by atoms with Gasteiger partial charge in [0.2, 0.25) is 5.91 Å². The third kappa shape index (κ3) is 5.21. The van der Waals surface area contributed by atoms with Gasteiger partial charge >= 0.3 is 6.09 Å². The molecule has 140 valence electrons. The molecule has 2 heterocycles. The molecule has 1 aromatic rings. The van der Waals surface area contributed by atoms with E-state index in [-0.39, 0.29) is 24.6 Å². The highest BCUT2D eigenvalue weighted by molar-refractivity contribution is 5.75.